The van der Waals surface area contributed by atoms with Crippen molar-refractivity contribution < 1.29 is 14.3 Å². The summed E-state index contributed by atoms with van der Waals surface area (Å²) in [6.45, 7) is 3.06. The lowest BCUT2D eigenvalue weighted by Gasteiger charge is -2.21. The number of nitrogens with one attached hydrogen (secondary N) is 1. The van der Waals surface area contributed by atoms with Crippen molar-refractivity contribution in [3.8, 4) is 11.8 Å². The molecule has 0 saturated carbocycles. The van der Waals surface area contributed by atoms with Gasteiger partial charge in [0.15, 0.2) is 5.56 Å². The number of ether oxygens (including phenoxy) is 2. The van der Waals surface area contributed by atoms with E-state index in [0.717, 1.165) is 19.5 Å². The molecule has 0 radical (unpaired) electrons. The summed E-state index contributed by atoms with van der Waals surface area (Å²) in [5.41, 5.74) is 0.286. The zero-order chi connectivity index (χ0) is 13.7. The van der Waals surface area contributed by atoms with Crippen LogP contribution < -0.4 is 14.8 Å². The van der Waals surface area contributed by atoms with E-state index < -0.39 is 0 Å². The second kappa shape index (κ2) is 7.86. The van der Waals surface area contributed by atoms with Crippen molar-refractivity contribution in [3.63, 3.8) is 0 Å². The van der Waals surface area contributed by atoms with Crippen molar-refractivity contribution in [3.05, 3.63) is 11.9 Å². The highest BCUT2D eigenvalue weighted by molar-refractivity contribution is 5.98. The Kier molecular flexibility index (Phi) is 6.47. The van der Waals surface area contributed by atoms with Gasteiger partial charge in [0, 0.05) is 19.6 Å². The molecule has 1 aromatic heterocycles. The second-order valence-electron chi connectivity index (χ2n) is 4.16. The van der Waals surface area contributed by atoms with E-state index in [1.54, 1.807) is 4.90 Å². The molecule has 2 rings (SSSR count). The molecule has 1 N–H and O–H groups in total. The number of halogens is 1. The maximum absolute atomic E-state index is 12.6. The number of amides is 1. The molecule has 0 atom stereocenters. The van der Waals surface area contributed by atoms with E-state index in [2.05, 4.69) is 15.3 Å². The van der Waals surface area contributed by atoms with Crippen LogP contribution in [0, 0.1) is 0 Å². The minimum Gasteiger partial charge on any atom is -0.480 e. The molecule has 1 amide bonds. The van der Waals surface area contributed by atoms with Crippen LogP contribution in [-0.4, -0.2) is 61.2 Å². The van der Waals surface area contributed by atoms with E-state index in [1.165, 1.54) is 20.5 Å². The number of nitrogens with zero attached hydrogens (tertiary/aromatic N) is 3. The molecule has 0 bridgehead atoms. The molecule has 0 spiro atoms. The van der Waals surface area contributed by atoms with E-state index in [1.807, 2.05) is 0 Å². The van der Waals surface area contributed by atoms with Gasteiger partial charge in [0.1, 0.15) is 6.33 Å². The fourth-order valence-corrected chi connectivity index (χ4v) is 2.05. The van der Waals surface area contributed by atoms with Crippen molar-refractivity contribution in [2.45, 2.75) is 6.42 Å². The minimum atomic E-state index is -0.155. The van der Waals surface area contributed by atoms with Gasteiger partial charge in [0.05, 0.1) is 14.2 Å². The number of carbonyl (C=O) groups is 1. The van der Waals surface area contributed by atoms with Crippen LogP contribution in [0.2, 0.25) is 0 Å². The summed E-state index contributed by atoms with van der Waals surface area (Å²) in [7, 11) is 2.95. The molecule has 7 nitrogen and oxygen atoms in total. The van der Waals surface area contributed by atoms with Gasteiger partial charge in [-0.2, -0.15) is 0 Å². The smallest absolute Gasteiger partial charge is 0.264 e. The SMILES string of the molecule is COc1ncnc(OC)c1C(=O)N1CCCNCC1.Cl. The predicted octanol–water partition coefficient (Wildman–Crippen LogP) is 0.351. The van der Waals surface area contributed by atoms with Gasteiger partial charge >= 0.3 is 0 Å². The summed E-state index contributed by atoms with van der Waals surface area (Å²) in [5.74, 6) is 0.334. The Labute approximate surface area is 124 Å². The largest absolute Gasteiger partial charge is 0.480 e. The van der Waals surface area contributed by atoms with Gasteiger partial charge in [-0.25, -0.2) is 9.97 Å². The van der Waals surface area contributed by atoms with Gasteiger partial charge < -0.3 is 19.7 Å². The first-order valence-electron chi connectivity index (χ1n) is 6.21. The summed E-state index contributed by atoms with van der Waals surface area (Å²) in [6, 6.07) is 0. The molecular weight excluding hydrogens is 284 g/mol. The number of aromatic nitrogens is 2. The fourth-order valence-electron chi connectivity index (χ4n) is 2.05. The van der Waals surface area contributed by atoms with Crippen molar-refractivity contribution >= 4 is 18.3 Å². The van der Waals surface area contributed by atoms with Crippen molar-refractivity contribution in [2.24, 2.45) is 0 Å². The average molecular weight is 303 g/mol. The van der Waals surface area contributed by atoms with E-state index in [4.69, 9.17) is 9.47 Å². The molecule has 1 aromatic rings. The standard InChI is InChI=1S/C12H18N4O3.ClH/c1-18-10-9(11(19-2)15-8-14-10)12(17)16-6-3-4-13-5-7-16;/h8,13H,3-7H2,1-2H3;1H. The molecule has 1 saturated heterocycles. The monoisotopic (exact) mass is 302 g/mol. The molecule has 2 heterocycles. The van der Waals surface area contributed by atoms with Crippen LogP contribution >= 0.6 is 12.4 Å². The molecule has 20 heavy (non-hydrogen) atoms. The highest BCUT2D eigenvalue weighted by atomic mass is 35.5. The maximum Gasteiger partial charge on any atom is 0.264 e. The second-order valence-corrected chi connectivity index (χ2v) is 4.16. The Bertz CT molecular complexity index is 428. The van der Waals surface area contributed by atoms with Crippen molar-refractivity contribution in [2.75, 3.05) is 40.4 Å². The van der Waals surface area contributed by atoms with Crippen molar-refractivity contribution in [1.82, 2.24) is 20.2 Å². The first-order valence-corrected chi connectivity index (χ1v) is 6.21. The number of hydrogen-bond donors (Lipinski definition) is 1. The third kappa shape index (κ3) is 3.49. The zero-order valence-electron chi connectivity index (χ0n) is 11.6. The topological polar surface area (TPSA) is 76.6 Å². The van der Waals surface area contributed by atoms with Crippen LogP contribution in [-0.2, 0) is 0 Å². The van der Waals surface area contributed by atoms with Crippen LogP contribution in [0.3, 0.4) is 0 Å². The fraction of sp³-hybridized carbons (Fsp3) is 0.583. The van der Waals surface area contributed by atoms with Crippen LogP contribution in [0.4, 0.5) is 0 Å². The summed E-state index contributed by atoms with van der Waals surface area (Å²) in [6.07, 6.45) is 2.24. The Morgan fingerprint density at radius 1 is 1.20 bits per heavy atom. The molecule has 0 unspecified atom stereocenters. The average Bonchev–Trinajstić information content (AvgIpc) is 2.74. The molecule has 1 aliphatic heterocycles. The zero-order valence-corrected chi connectivity index (χ0v) is 12.4. The molecule has 0 aliphatic carbocycles. The van der Waals surface area contributed by atoms with Crippen LogP contribution in [0.1, 0.15) is 16.8 Å². The molecular formula is C12H19ClN4O3. The van der Waals surface area contributed by atoms with Crippen LogP contribution in [0.5, 0.6) is 11.8 Å². The normalized spacial score (nSPS) is 15.0. The Hall–Kier alpha value is -1.60. The van der Waals surface area contributed by atoms with Crippen molar-refractivity contribution in [1.29, 1.82) is 0 Å². The molecule has 112 valence electrons. The molecule has 1 aliphatic rings. The lowest BCUT2D eigenvalue weighted by molar-refractivity contribution is 0.0757. The van der Waals surface area contributed by atoms with Crippen LogP contribution in [0.15, 0.2) is 6.33 Å². The minimum absolute atomic E-state index is 0. The number of carbonyl (C=O) groups excluding carboxylic acids is 1. The van der Waals surface area contributed by atoms with Crippen LogP contribution in [0.25, 0.3) is 0 Å². The summed E-state index contributed by atoms with van der Waals surface area (Å²) in [4.78, 5) is 22.3. The van der Waals surface area contributed by atoms with Gasteiger partial charge in [-0.05, 0) is 13.0 Å². The van der Waals surface area contributed by atoms with Gasteiger partial charge in [-0.15, -0.1) is 12.4 Å². The predicted molar refractivity (Wildman–Crippen MR) is 75.8 cm³/mol. The number of methoxy groups -OCH3 is 2. The lowest BCUT2D eigenvalue weighted by atomic mass is 10.2. The quantitative estimate of drug-likeness (QED) is 0.868. The van der Waals surface area contributed by atoms with E-state index in [-0.39, 0.29) is 35.6 Å². The molecule has 0 aromatic carbocycles. The Morgan fingerprint density at radius 3 is 2.45 bits per heavy atom. The number of hydrogen-bond acceptors (Lipinski definition) is 6. The Balaban J connectivity index is 0.00000200. The highest BCUT2D eigenvalue weighted by Gasteiger charge is 2.26. The van der Waals surface area contributed by atoms with Gasteiger partial charge in [-0.1, -0.05) is 0 Å². The summed E-state index contributed by atoms with van der Waals surface area (Å²) >= 11 is 0. The van der Waals surface area contributed by atoms with E-state index in [9.17, 15) is 4.79 Å². The Morgan fingerprint density at radius 2 is 1.85 bits per heavy atom. The molecule has 1 fully saturated rings. The lowest BCUT2D eigenvalue weighted by Crippen LogP contribution is -2.34. The summed E-state index contributed by atoms with van der Waals surface area (Å²) < 4.78 is 10.3. The van der Waals surface area contributed by atoms with E-state index >= 15 is 0 Å². The van der Waals surface area contributed by atoms with Gasteiger partial charge in [0.25, 0.3) is 5.91 Å². The van der Waals surface area contributed by atoms with E-state index in [0.29, 0.717) is 13.1 Å². The van der Waals surface area contributed by atoms with Gasteiger partial charge in [0.2, 0.25) is 11.8 Å². The first kappa shape index (κ1) is 16.5. The molecule has 8 heteroatoms. The third-order valence-electron chi connectivity index (χ3n) is 3.01. The highest BCUT2D eigenvalue weighted by Crippen LogP contribution is 2.25. The van der Waals surface area contributed by atoms with Gasteiger partial charge in [-0.3, -0.25) is 4.79 Å². The third-order valence-corrected chi connectivity index (χ3v) is 3.01. The maximum atomic E-state index is 12.6. The number of rotatable bonds is 3. The summed E-state index contributed by atoms with van der Waals surface area (Å²) in [5, 5.41) is 3.25. The first-order chi connectivity index (χ1) is 9.27.